The van der Waals surface area contributed by atoms with Crippen LogP contribution in [0, 0.1) is 0 Å². The molecule has 0 bridgehead atoms. The Balaban J connectivity index is 0.00000264. The van der Waals surface area contributed by atoms with E-state index in [0.29, 0.717) is 12.2 Å². The van der Waals surface area contributed by atoms with E-state index < -0.39 is 0 Å². The molecule has 0 heterocycles. The maximum Gasteiger partial charge on any atom is 0.338 e. The van der Waals surface area contributed by atoms with Gasteiger partial charge in [-0.1, -0.05) is 60.7 Å². The Labute approximate surface area is 144 Å². The number of carbonyl (C=O) groups excluding carboxylic acids is 1. The highest BCUT2D eigenvalue weighted by molar-refractivity contribution is 6.21. The maximum atomic E-state index is 12.4. The van der Waals surface area contributed by atoms with Gasteiger partial charge in [0.05, 0.1) is 19.7 Å². The summed E-state index contributed by atoms with van der Waals surface area (Å²) in [6.07, 6.45) is 1.88. The van der Waals surface area contributed by atoms with Crippen LogP contribution in [0.25, 0.3) is 11.6 Å². The smallest absolute Gasteiger partial charge is 0.338 e. The highest BCUT2D eigenvalue weighted by Crippen LogP contribution is 2.19. The van der Waals surface area contributed by atoms with Crippen molar-refractivity contribution in [2.75, 3.05) is 27.2 Å². The fourth-order valence-corrected chi connectivity index (χ4v) is 2.02. The number of likely N-dealkylation sites (N-methyl/N-ethyl adjacent to an activating group) is 1. The van der Waals surface area contributed by atoms with Crippen LogP contribution in [0.2, 0.25) is 0 Å². The molecule has 1 N–H and O–H groups in total. The molecular weight excluding hydrogens is 310 g/mol. The Bertz CT molecular complexity index is 624. The van der Waals surface area contributed by atoms with Crippen LogP contribution in [0.4, 0.5) is 0 Å². The molecule has 2 rings (SSSR count). The van der Waals surface area contributed by atoms with Gasteiger partial charge in [-0.3, -0.25) is 0 Å². The van der Waals surface area contributed by atoms with Crippen LogP contribution in [0.3, 0.4) is 0 Å². The van der Waals surface area contributed by atoms with Crippen LogP contribution >= 0.6 is 0 Å². The van der Waals surface area contributed by atoms with E-state index >= 15 is 0 Å². The first-order chi connectivity index (χ1) is 10.7. The predicted molar refractivity (Wildman–Crippen MR) is 89.4 cm³/mol. The standard InChI is InChI=1S/C19H21NO2.ClH/c1-20(2)13-14-22-19(21)18(17-11-7-4-8-12-17)15-16-9-5-3-6-10-16;/h3-12,15H,13-14H2,1-2H3;1H/b18-15-;. The first-order valence-corrected chi connectivity index (χ1v) is 7.45. The molecule has 2 aromatic carbocycles. The minimum atomic E-state index is -0.281. The molecule has 0 aliphatic carbocycles. The Kier molecular flexibility index (Phi) is 8.09. The molecule has 0 aromatic heterocycles. The number of carbonyl (C=O) groups is 1. The van der Waals surface area contributed by atoms with Crippen molar-refractivity contribution in [3.05, 3.63) is 71.8 Å². The third-order valence-corrected chi connectivity index (χ3v) is 3.25. The summed E-state index contributed by atoms with van der Waals surface area (Å²) in [6.45, 7) is 1.21. The third kappa shape index (κ3) is 6.27. The second-order valence-electron chi connectivity index (χ2n) is 5.43. The quantitative estimate of drug-likeness (QED) is 0.415. The van der Waals surface area contributed by atoms with Crippen LogP contribution in [0.5, 0.6) is 0 Å². The molecule has 0 amide bonds. The van der Waals surface area contributed by atoms with Crippen molar-refractivity contribution in [2.24, 2.45) is 0 Å². The average molecular weight is 332 g/mol. The van der Waals surface area contributed by atoms with E-state index in [1.807, 2.05) is 80.8 Å². The van der Waals surface area contributed by atoms with Crippen molar-refractivity contribution in [3.8, 4) is 0 Å². The van der Waals surface area contributed by atoms with Crippen molar-refractivity contribution >= 4 is 17.6 Å². The molecule has 0 aliphatic heterocycles. The van der Waals surface area contributed by atoms with E-state index in [2.05, 4.69) is 0 Å². The van der Waals surface area contributed by atoms with Crippen LogP contribution in [0.1, 0.15) is 11.1 Å². The maximum absolute atomic E-state index is 12.4. The first-order valence-electron chi connectivity index (χ1n) is 7.45. The minimum Gasteiger partial charge on any atom is -1.00 e. The number of benzene rings is 2. The van der Waals surface area contributed by atoms with Gasteiger partial charge in [0.25, 0.3) is 0 Å². The molecule has 23 heavy (non-hydrogen) atoms. The van der Waals surface area contributed by atoms with Gasteiger partial charge in [0, 0.05) is 0 Å². The summed E-state index contributed by atoms with van der Waals surface area (Å²) in [7, 11) is 4.07. The SMILES string of the molecule is C[NH+](C)CCOC(=O)/C(=C\c1ccccc1)c1ccccc1.[Cl-]. The van der Waals surface area contributed by atoms with Gasteiger partial charge >= 0.3 is 5.97 Å². The number of halogens is 1. The van der Waals surface area contributed by atoms with Crippen LogP contribution < -0.4 is 17.3 Å². The molecule has 0 fully saturated rings. The summed E-state index contributed by atoms with van der Waals surface area (Å²) in [5.74, 6) is -0.281. The summed E-state index contributed by atoms with van der Waals surface area (Å²) in [6, 6.07) is 19.4. The minimum absolute atomic E-state index is 0. The van der Waals surface area contributed by atoms with Crippen molar-refractivity contribution in [2.45, 2.75) is 0 Å². The number of hydrogen-bond donors (Lipinski definition) is 1. The molecule has 0 saturated heterocycles. The second-order valence-corrected chi connectivity index (χ2v) is 5.43. The van der Waals surface area contributed by atoms with Gasteiger partial charge in [0.2, 0.25) is 0 Å². The van der Waals surface area contributed by atoms with E-state index in [1.165, 1.54) is 4.90 Å². The Morgan fingerprint density at radius 2 is 1.57 bits per heavy atom. The van der Waals surface area contributed by atoms with Crippen LogP contribution in [-0.2, 0) is 9.53 Å². The molecule has 2 aromatic rings. The van der Waals surface area contributed by atoms with Crippen molar-refractivity contribution < 1.29 is 26.8 Å². The van der Waals surface area contributed by atoms with Crippen molar-refractivity contribution in [3.63, 3.8) is 0 Å². The molecular formula is C19H22ClNO2. The van der Waals surface area contributed by atoms with Gasteiger partial charge in [-0.15, -0.1) is 0 Å². The van der Waals surface area contributed by atoms with E-state index in [4.69, 9.17) is 4.74 Å². The molecule has 3 nitrogen and oxygen atoms in total. The fourth-order valence-electron chi connectivity index (χ4n) is 2.02. The lowest BCUT2D eigenvalue weighted by molar-refractivity contribution is -0.858. The molecule has 0 atom stereocenters. The zero-order valence-corrected chi connectivity index (χ0v) is 14.2. The van der Waals surface area contributed by atoms with Gasteiger partial charge in [0.15, 0.2) is 0 Å². The molecule has 0 aliphatic rings. The van der Waals surface area contributed by atoms with Gasteiger partial charge in [-0.05, 0) is 17.2 Å². The monoisotopic (exact) mass is 331 g/mol. The van der Waals surface area contributed by atoms with Crippen molar-refractivity contribution in [1.29, 1.82) is 0 Å². The summed E-state index contributed by atoms with van der Waals surface area (Å²) in [4.78, 5) is 13.7. The first kappa shape index (κ1) is 18.9. The zero-order chi connectivity index (χ0) is 15.8. The zero-order valence-electron chi connectivity index (χ0n) is 13.5. The van der Waals surface area contributed by atoms with E-state index in [1.54, 1.807) is 0 Å². The third-order valence-electron chi connectivity index (χ3n) is 3.25. The second kappa shape index (κ2) is 9.82. The lowest BCUT2D eigenvalue weighted by Crippen LogP contribution is -3.06. The summed E-state index contributed by atoms with van der Waals surface area (Å²) in [5.41, 5.74) is 2.44. The topological polar surface area (TPSA) is 30.7 Å². The normalized spacial score (nSPS) is 11.0. The Hall–Kier alpha value is -2.10. The van der Waals surface area contributed by atoms with E-state index in [-0.39, 0.29) is 18.4 Å². The number of ether oxygens (including phenoxy) is 1. The summed E-state index contributed by atoms with van der Waals surface area (Å²) < 4.78 is 5.41. The molecule has 0 saturated carbocycles. The van der Waals surface area contributed by atoms with Crippen LogP contribution in [0.15, 0.2) is 60.7 Å². The lowest BCUT2D eigenvalue weighted by atomic mass is 10.0. The van der Waals surface area contributed by atoms with E-state index in [0.717, 1.165) is 17.7 Å². The Morgan fingerprint density at radius 3 is 2.13 bits per heavy atom. The Morgan fingerprint density at radius 1 is 1.00 bits per heavy atom. The highest BCUT2D eigenvalue weighted by atomic mass is 35.5. The number of rotatable bonds is 6. The largest absolute Gasteiger partial charge is 1.00 e. The highest BCUT2D eigenvalue weighted by Gasteiger charge is 2.14. The molecule has 122 valence electrons. The van der Waals surface area contributed by atoms with Crippen LogP contribution in [-0.4, -0.2) is 33.2 Å². The molecule has 4 heteroatoms. The number of nitrogens with one attached hydrogen (secondary N) is 1. The summed E-state index contributed by atoms with van der Waals surface area (Å²) in [5, 5.41) is 0. The summed E-state index contributed by atoms with van der Waals surface area (Å²) >= 11 is 0. The number of quaternary nitrogens is 1. The molecule has 0 unspecified atom stereocenters. The number of hydrogen-bond acceptors (Lipinski definition) is 2. The van der Waals surface area contributed by atoms with Gasteiger partial charge in [-0.25, -0.2) is 4.79 Å². The van der Waals surface area contributed by atoms with Gasteiger partial charge in [0.1, 0.15) is 13.2 Å². The predicted octanol–water partition coefficient (Wildman–Crippen LogP) is -1.08. The fraction of sp³-hybridized carbons (Fsp3) is 0.211. The molecule has 0 spiro atoms. The van der Waals surface area contributed by atoms with Crippen molar-refractivity contribution in [1.82, 2.24) is 0 Å². The lowest BCUT2D eigenvalue weighted by Gasteiger charge is -2.10. The average Bonchev–Trinajstić information content (AvgIpc) is 2.54. The van der Waals surface area contributed by atoms with Gasteiger partial charge < -0.3 is 22.0 Å². The number of esters is 1. The van der Waals surface area contributed by atoms with Gasteiger partial charge in [-0.2, -0.15) is 0 Å². The van der Waals surface area contributed by atoms with E-state index in [9.17, 15) is 4.79 Å². The molecule has 0 radical (unpaired) electrons.